The van der Waals surface area contributed by atoms with E-state index in [4.69, 9.17) is 4.74 Å². The number of Topliss-reactive ketones (excluding diaryl/α,β-unsaturated/α-hetero) is 1. The Hall–Kier alpha value is -5.33. The molecule has 2 amide bonds. The predicted octanol–water partition coefficient (Wildman–Crippen LogP) is 3.89. The van der Waals surface area contributed by atoms with Crippen LogP contribution in [-0.2, 0) is 33.9 Å². The molecule has 0 bridgehead atoms. The number of likely N-dealkylation sites (N-methyl/N-ethyl adjacent to an activating group) is 1. The molecule has 13 heteroatoms. The van der Waals surface area contributed by atoms with Gasteiger partial charge in [0.2, 0.25) is 5.91 Å². The zero-order valence-corrected chi connectivity index (χ0v) is 25.0. The van der Waals surface area contributed by atoms with Crippen molar-refractivity contribution in [1.82, 2.24) is 24.8 Å². The molecule has 236 valence electrons. The number of ether oxygens (including phenoxy) is 2. The Bertz CT molecular complexity index is 1780. The van der Waals surface area contributed by atoms with Crippen LogP contribution in [0.4, 0.5) is 13.6 Å². The molecule has 0 aliphatic heterocycles. The lowest BCUT2D eigenvalue weighted by molar-refractivity contribution is -0.123. The van der Waals surface area contributed by atoms with Crippen molar-refractivity contribution in [2.24, 2.45) is 0 Å². The van der Waals surface area contributed by atoms with Crippen molar-refractivity contribution in [2.75, 3.05) is 21.2 Å². The Balaban J connectivity index is 1.43. The number of carbonyl (C=O) groups is 3. The summed E-state index contributed by atoms with van der Waals surface area (Å²) in [6.07, 6.45) is 4.10. The molecule has 2 aromatic heterocycles. The first-order chi connectivity index (χ1) is 21.5. The van der Waals surface area contributed by atoms with Crippen LogP contribution < -0.4 is 15.6 Å². The standard InChI is InChI=1S/C32H33F2N5O6/c1-38(2)30(41)9-5-4-8-26(37-32(43)44-3)28(40)15-20-7-6-14-39(31(20)42)18-29-35-25-13-12-23(17-27(25)36-29)45-19-21-10-11-22(33)16-24(21)34/h5-7,9-14,16-17,26H,4,8,15,18-19H2,1-3H3,(H,35,36)(H,37,43)/b9-5+/t26-/m0/s1. The normalized spacial score (nSPS) is 11.8. The highest BCUT2D eigenvalue weighted by Gasteiger charge is 2.22. The summed E-state index contributed by atoms with van der Waals surface area (Å²) in [6.45, 7) is -0.0105. The molecular weight excluding hydrogens is 588 g/mol. The summed E-state index contributed by atoms with van der Waals surface area (Å²) in [5, 5.41) is 2.51. The number of nitrogens with one attached hydrogen (secondary N) is 2. The Morgan fingerprint density at radius 3 is 2.64 bits per heavy atom. The van der Waals surface area contributed by atoms with Crippen molar-refractivity contribution in [3.8, 4) is 5.75 Å². The molecule has 1 atom stereocenters. The molecule has 0 aliphatic carbocycles. The number of halogens is 2. The maximum absolute atomic E-state index is 13.9. The smallest absolute Gasteiger partial charge is 0.407 e. The lowest BCUT2D eigenvalue weighted by Crippen LogP contribution is -2.42. The van der Waals surface area contributed by atoms with Crippen molar-refractivity contribution in [2.45, 2.75) is 38.5 Å². The van der Waals surface area contributed by atoms with Crippen LogP contribution in [-0.4, -0.2) is 64.5 Å². The topological polar surface area (TPSA) is 136 Å². The second kappa shape index (κ2) is 14.9. The highest BCUT2D eigenvalue weighted by Crippen LogP contribution is 2.21. The Morgan fingerprint density at radius 2 is 1.91 bits per heavy atom. The molecule has 0 fully saturated rings. The summed E-state index contributed by atoms with van der Waals surface area (Å²) in [5.74, 6) is -1.05. The van der Waals surface area contributed by atoms with Crippen LogP contribution in [0.3, 0.4) is 0 Å². The second-order valence-electron chi connectivity index (χ2n) is 10.4. The Labute approximate surface area is 257 Å². The fraction of sp³-hybridized carbons (Fsp3) is 0.281. The highest BCUT2D eigenvalue weighted by molar-refractivity contribution is 5.89. The second-order valence-corrected chi connectivity index (χ2v) is 10.4. The Kier molecular flexibility index (Phi) is 10.8. The van der Waals surface area contributed by atoms with Crippen LogP contribution in [0, 0.1) is 11.6 Å². The fourth-order valence-corrected chi connectivity index (χ4v) is 4.43. The van der Waals surface area contributed by atoms with E-state index >= 15 is 0 Å². The summed E-state index contributed by atoms with van der Waals surface area (Å²) in [5.41, 5.74) is 1.28. The number of ketones is 1. The number of imidazole rings is 1. The number of allylic oxidation sites excluding steroid dienone is 1. The van der Waals surface area contributed by atoms with E-state index in [0.29, 0.717) is 29.0 Å². The lowest BCUT2D eigenvalue weighted by atomic mass is 10.0. The van der Waals surface area contributed by atoms with Crippen molar-refractivity contribution < 1.29 is 32.6 Å². The van der Waals surface area contributed by atoms with E-state index in [0.717, 1.165) is 12.1 Å². The van der Waals surface area contributed by atoms with Gasteiger partial charge in [0.05, 0.1) is 30.7 Å². The first-order valence-electron chi connectivity index (χ1n) is 14.0. The van der Waals surface area contributed by atoms with E-state index in [1.165, 1.54) is 28.7 Å². The van der Waals surface area contributed by atoms with Crippen LogP contribution in [0.25, 0.3) is 11.0 Å². The van der Waals surface area contributed by atoms with Gasteiger partial charge in [-0.3, -0.25) is 14.4 Å². The third-order valence-electron chi connectivity index (χ3n) is 6.88. The van der Waals surface area contributed by atoms with Crippen molar-refractivity contribution in [1.29, 1.82) is 0 Å². The molecule has 11 nitrogen and oxygen atoms in total. The maximum atomic E-state index is 13.9. The number of H-pyrrole nitrogens is 1. The molecule has 0 saturated heterocycles. The number of hydrogen-bond donors (Lipinski definition) is 2. The molecule has 2 aromatic carbocycles. The summed E-state index contributed by atoms with van der Waals surface area (Å²) in [4.78, 5) is 59.2. The van der Waals surface area contributed by atoms with Crippen LogP contribution in [0.1, 0.15) is 29.8 Å². The molecule has 0 unspecified atom stereocenters. The summed E-state index contributed by atoms with van der Waals surface area (Å²) in [7, 11) is 4.42. The summed E-state index contributed by atoms with van der Waals surface area (Å²) in [6, 6.07) is 10.6. The van der Waals surface area contributed by atoms with Crippen LogP contribution >= 0.6 is 0 Å². The first-order valence-corrected chi connectivity index (χ1v) is 14.0. The van der Waals surface area contributed by atoms with E-state index in [9.17, 15) is 28.0 Å². The van der Waals surface area contributed by atoms with Gasteiger partial charge in [0, 0.05) is 50.0 Å². The van der Waals surface area contributed by atoms with Crippen LogP contribution in [0.2, 0.25) is 0 Å². The fourth-order valence-electron chi connectivity index (χ4n) is 4.43. The molecule has 0 saturated carbocycles. The predicted molar refractivity (Wildman–Crippen MR) is 162 cm³/mol. The minimum Gasteiger partial charge on any atom is -0.489 e. The van der Waals surface area contributed by atoms with E-state index < -0.39 is 29.3 Å². The number of nitrogens with zero attached hydrogens (tertiary/aromatic N) is 3. The number of aromatic amines is 1. The molecule has 0 radical (unpaired) electrons. The van der Waals surface area contributed by atoms with Gasteiger partial charge in [-0.25, -0.2) is 18.6 Å². The maximum Gasteiger partial charge on any atom is 0.407 e. The molecule has 0 aliphatic rings. The van der Waals surface area contributed by atoms with Crippen LogP contribution in [0.15, 0.2) is 71.7 Å². The van der Waals surface area contributed by atoms with Gasteiger partial charge >= 0.3 is 6.09 Å². The van der Waals surface area contributed by atoms with Gasteiger partial charge in [-0.2, -0.15) is 0 Å². The van der Waals surface area contributed by atoms with Gasteiger partial charge in [0.15, 0.2) is 5.78 Å². The molecular formula is C32H33F2N5O6. The van der Waals surface area contributed by atoms with Gasteiger partial charge in [0.1, 0.15) is 29.8 Å². The Morgan fingerprint density at radius 1 is 1.11 bits per heavy atom. The highest BCUT2D eigenvalue weighted by atomic mass is 19.1. The first kappa shape index (κ1) is 32.6. The van der Waals surface area contributed by atoms with Gasteiger partial charge < -0.3 is 29.2 Å². The molecule has 0 spiro atoms. The van der Waals surface area contributed by atoms with E-state index in [1.807, 2.05) is 0 Å². The minimum atomic E-state index is -0.934. The van der Waals surface area contributed by atoms with Gasteiger partial charge in [0.25, 0.3) is 5.56 Å². The van der Waals surface area contributed by atoms with Crippen LogP contribution in [0.5, 0.6) is 5.75 Å². The number of pyridine rings is 1. The monoisotopic (exact) mass is 621 g/mol. The quantitative estimate of drug-likeness (QED) is 0.216. The molecule has 4 aromatic rings. The summed E-state index contributed by atoms with van der Waals surface area (Å²) < 4.78 is 38.8. The molecule has 2 heterocycles. The van der Waals surface area contributed by atoms with E-state index in [1.54, 1.807) is 56.7 Å². The zero-order chi connectivity index (χ0) is 32.5. The number of aromatic nitrogens is 3. The molecule has 2 N–H and O–H groups in total. The third kappa shape index (κ3) is 8.85. The summed E-state index contributed by atoms with van der Waals surface area (Å²) >= 11 is 0. The number of amides is 2. The number of fused-ring (bicyclic) bond motifs is 1. The number of rotatable bonds is 13. The average molecular weight is 622 g/mol. The number of alkyl carbamates (subject to hydrolysis) is 1. The third-order valence-corrected chi connectivity index (χ3v) is 6.88. The van der Waals surface area contributed by atoms with E-state index in [2.05, 4.69) is 20.0 Å². The molecule has 4 rings (SSSR count). The lowest BCUT2D eigenvalue weighted by Gasteiger charge is -2.16. The van der Waals surface area contributed by atoms with Crippen molar-refractivity contribution >= 4 is 28.8 Å². The number of carbonyl (C=O) groups excluding carboxylic acids is 3. The average Bonchev–Trinajstić information content (AvgIpc) is 3.41. The number of methoxy groups -OCH3 is 1. The van der Waals surface area contributed by atoms with Crippen molar-refractivity contribution in [3.05, 3.63) is 106 Å². The minimum absolute atomic E-state index is 0.0844. The SMILES string of the molecule is COC(=O)N[C@@H](CC/C=C/C(=O)N(C)C)C(=O)Cc1cccn(Cc2nc3ccc(OCc4ccc(F)cc4F)cc3[nH]2)c1=O. The zero-order valence-electron chi connectivity index (χ0n) is 25.0. The van der Waals surface area contributed by atoms with Gasteiger partial charge in [-0.05, 0) is 49.2 Å². The van der Waals surface area contributed by atoms with Crippen molar-refractivity contribution in [3.63, 3.8) is 0 Å². The van der Waals surface area contributed by atoms with Gasteiger partial charge in [-0.15, -0.1) is 0 Å². The van der Waals surface area contributed by atoms with Gasteiger partial charge in [-0.1, -0.05) is 12.1 Å². The molecule has 45 heavy (non-hydrogen) atoms. The number of benzene rings is 2. The number of hydrogen-bond acceptors (Lipinski definition) is 7. The van der Waals surface area contributed by atoms with E-state index in [-0.39, 0.29) is 48.8 Å². The largest absolute Gasteiger partial charge is 0.489 e.